The van der Waals surface area contributed by atoms with Crippen LogP contribution >= 0.6 is 0 Å². The average Bonchev–Trinajstić information content (AvgIpc) is 3.42. The first kappa shape index (κ1) is 18.3. The number of anilines is 1. The van der Waals surface area contributed by atoms with Crippen LogP contribution in [0.4, 0.5) is 14.6 Å². The summed E-state index contributed by atoms with van der Waals surface area (Å²) in [4.78, 5) is 16.3. The smallest absolute Gasteiger partial charge is 0.272 e. The van der Waals surface area contributed by atoms with Crippen molar-refractivity contribution in [2.24, 2.45) is 5.92 Å². The molecule has 0 unspecified atom stereocenters. The van der Waals surface area contributed by atoms with E-state index >= 15 is 0 Å². The maximum Gasteiger partial charge on any atom is 0.272 e. The Balaban J connectivity index is 1.51. The van der Waals surface area contributed by atoms with Crippen LogP contribution in [0.3, 0.4) is 0 Å². The fourth-order valence-electron chi connectivity index (χ4n) is 3.05. The summed E-state index contributed by atoms with van der Waals surface area (Å²) in [5, 5.41) is 8.21. The number of amides is 1. The van der Waals surface area contributed by atoms with Gasteiger partial charge < -0.3 is 10.1 Å². The number of nitrogens with one attached hydrogen (secondary N) is 1. The summed E-state index contributed by atoms with van der Waals surface area (Å²) in [5.74, 6) is 1.07. The molecule has 6 nitrogen and oxygen atoms in total. The van der Waals surface area contributed by atoms with Gasteiger partial charge in [-0.05, 0) is 43.0 Å². The van der Waals surface area contributed by atoms with Crippen LogP contribution in [0.1, 0.15) is 24.0 Å². The molecule has 0 radical (unpaired) electrons. The second-order valence-corrected chi connectivity index (χ2v) is 6.98. The lowest BCUT2D eigenvalue weighted by Gasteiger charge is -2.10. The Hall–Kier alpha value is -3.03. The van der Waals surface area contributed by atoms with E-state index in [9.17, 15) is 13.6 Å². The highest BCUT2D eigenvalue weighted by Gasteiger charge is 2.30. The first-order chi connectivity index (χ1) is 13.5. The van der Waals surface area contributed by atoms with Crippen LogP contribution in [0.2, 0.25) is 0 Å². The molecule has 8 heteroatoms. The lowest BCUT2D eigenvalue weighted by atomic mass is 10.1. The maximum atomic E-state index is 12.3. The molecule has 1 saturated carbocycles. The first-order valence-electron chi connectivity index (χ1n) is 9.13. The molecule has 1 N–H and O–H groups in total. The van der Waals surface area contributed by atoms with E-state index in [-0.39, 0.29) is 11.8 Å². The predicted octanol–water partition coefficient (Wildman–Crippen LogP) is 3.78. The van der Waals surface area contributed by atoms with Crippen LogP contribution in [-0.2, 0) is 11.3 Å². The van der Waals surface area contributed by atoms with Crippen molar-refractivity contribution in [1.29, 1.82) is 0 Å². The fraction of sp³-hybridized carbons (Fsp3) is 0.350. The van der Waals surface area contributed by atoms with Crippen LogP contribution in [0.25, 0.3) is 10.9 Å². The van der Waals surface area contributed by atoms with E-state index in [0.29, 0.717) is 18.1 Å². The third-order valence-corrected chi connectivity index (χ3v) is 4.62. The number of rotatable bonds is 7. The number of aromatic nitrogens is 3. The molecular weight excluding hydrogens is 366 g/mol. The highest BCUT2D eigenvalue weighted by molar-refractivity contribution is 6.00. The highest BCUT2D eigenvalue weighted by atomic mass is 19.3. The van der Waals surface area contributed by atoms with E-state index in [1.165, 1.54) is 0 Å². The van der Waals surface area contributed by atoms with Gasteiger partial charge in [0.05, 0.1) is 17.4 Å². The number of carbonyl (C=O) groups excluding carboxylic acids is 1. The number of halogens is 2. The number of alkyl halides is 2. The number of pyridine rings is 1. The molecule has 2 aromatic heterocycles. The summed E-state index contributed by atoms with van der Waals surface area (Å²) < 4.78 is 31.5. The van der Waals surface area contributed by atoms with E-state index in [2.05, 4.69) is 15.4 Å². The molecular formula is C20H20F2N4O2. The number of benzene rings is 1. The lowest BCUT2D eigenvalue weighted by Crippen LogP contribution is -2.14. The van der Waals surface area contributed by atoms with Crippen molar-refractivity contribution in [3.8, 4) is 5.75 Å². The Morgan fingerprint density at radius 3 is 2.89 bits per heavy atom. The molecule has 0 saturated heterocycles. The first-order valence-corrected chi connectivity index (χ1v) is 9.13. The molecule has 1 amide bonds. The van der Waals surface area contributed by atoms with Gasteiger partial charge in [0.1, 0.15) is 18.2 Å². The van der Waals surface area contributed by atoms with Crippen molar-refractivity contribution in [3.05, 3.63) is 47.8 Å². The second kappa shape index (κ2) is 7.53. The molecule has 0 aliphatic heterocycles. The zero-order valence-corrected chi connectivity index (χ0v) is 15.4. The van der Waals surface area contributed by atoms with Crippen molar-refractivity contribution in [1.82, 2.24) is 14.8 Å². The van der Waals surface area contributed by atoms with Gasteiger partial charge in [0.25, 0.3) is 6.43 Å². The quantitative estimate of drug-likeness (QED) is 0.671. The molecule has 28 heavy (non-hydrogen) atoms. The van der Waals surface area contributed by atoms with Gasteiger partial charge in [-0.3, -0.25) is 9.48 Å². The van der Waals surface area contributed by atoms with Gasteiger partial charge >= 0.3 is 0 Å². The number of fused-ring (bicyclic) bond motifs is 1. The molecule has 0 spiro atoms. The molecule has 3 aromatic rings. The predicted molar refractivity (Wildman–Crippen MR) is 101 cm³/mol. The summed E-state index contributed by atoms with van der Waals surface area (Å²) >= 11 is 0. The largest absolute Gasteiger partial charge is 0.487 e. The second-order valence-electron chi connectivity index (χ2n) is 6.98. The van der Waals surface area contributed by atoms with Gasteiger partial charge in [0, 0.05) is 18.3 Å². The average molecular weight is 386 g/mol. The van der Waals surface area contributed by atoms with Crippen LogP contribution in [-0.4, -0.2) is 33.7 Å². The molecule has 2 heterocycles. The van der Waals surface area contributed by atoms with Crippen molar-refractivity contribution in [3.63, 3.8) is 0 Å². The van der Waals surface area contributed by atoms with Gasteiger partial charge in [-0.25, -0.2) is 13.8 Å². The number of hydrogen-bond acceptors (Lipinski definition) is 4. The Bertz CT molecular complexity index is 1010. The number of carbonyl (C=O) groups is 1. The summed E-state index contributed by atoms with van der Waals surface area (Å²) in [7, 11) is 0. The van der Waals surface area contributed by atoms with Gasteiger partial charge in [-0.2, -0.15) is 5.10 Å². The highest BCUT2D eigenvalue weighted by Crippen LogP contribution is 2.31. The minimum atomic E-state index is -2.50. The van der Waals surface area contributed by atoms with Crippen molar-refractivity contribution < 1.29 is 18.3 Å². The Labute approximate surface area is 160 Å². The van der Waals surface area contributed by atoms with Crippen molar-refractivity contribution in [2.75, 3.05) is 11.9 Å². The molecule has 0 bridgehead atoms. The fourth-order valence-corrected chi connectivity index (χ4v) is 3.05. The summed E-state index contributed by atoms with van der Waals surface area (Å²) in [5.41, 5.74) is 2.50. The zero-order valence-electron chi connectivity index (χ0n) is 15.4. The maximum absolute atomic E-state index is 12.3. The minimum Gasteiger partial charge on any atom is -0.487 e. The molecule has 4 rings (SSSR count). The molecule has 146 valence electrons. The Morgan fingerprint density at radius 2 is 2.18 bits per heavy atom. The van der Waals surface area contributed by atoms with Gasteiger partial charge in [0.2, 0.25) is 5.91 Å². The molecule has 1 aromatic carbocycles. The van der Waals surface area contributed by atoms with E-state index < -0.39 is 13.0 Å². The zero-order chi connectivity index (χ0) is 19.7. The molecule has 1 aliphatic rings. The van der Waals surface area contributed by atoms with Crippen LogP contribution in [0, 0.1) is 12.8 Å². The minimum absolute atomic E-state index is 0.00256. The van der Waals surface area contributed by atoms with Gasteiger partial charge in [0.15, 0.2) is 0 Å². The van der Waals surface area contributed by atoms with E-state index in [4.69, 9.17) is 4.74 Å². The van der Waals surface area contributed by atoms with E-state index in [0.717, 1.165) is 34.9 Å². The monoisotopic (exact) mass is 386 g/mol. The number of hydrogen-bond donors (Lipinski definition) is 1. The topological polar surface area (TPSA) is 69.0 Å². The van der Waals surface area contributed by atoms with E-state index in [1.54, 1.807) is 23.0 Å². The summed E-state index contributed by atoms with van der Waals surface area (Å²) in [6.45, 7) is 1.70. The Morgan fingerprint density at radius 1 is 1.36 bits per heavy atom. The number of aryl methyl sites for hydroxylation is 1. The van der Waals surface area contributed by atoms with E-state index in [1.807, 2.05) is 25.3 Å². The third kappa shape index (κ3) is 4.11. The van der Waals surface area contributed by atoms with Gasteiger partial charge in [-0.1, -0.05) is 12.1 Å². The molecule has 1 fully saturated rings. The molecule has 0 atom stereocenters. The van der Waals surface area contributed by atoms with Crippen LogP contribution in [0.5, 0.6) is 5.75 Å². The van der Waals surface area contributed by atoms with Crippen molar-refractivity contribution >= 4 is 22.6 Å². The van der Waals surface area contributed by atoms with Gasteiger partial charge in [-0.15, -0.1) is 0 Å². The molecule has 1 aliphatic carbocycles. The standard InChI is InChI=1S/C20H20F2N4O2/c1-12-8-13(2-5-17(12)28-11-18(21)22)9-26-10-15-16(25-26)6-7-23-19(15)24-20(27)14-3-4-14/h2,5-8,10,14,18H,3-4,9,11H2,1H3,(H,23,24,27). The lowest BCUT2D eigenvalue weighted by molar-refractivity contribution is -0.117. The van der Waals surface area contributed by atoms with Crippen molar-refractivity contribution in [2.45, 2.75) is 32.7 Å². The Kier molecular flexibility index (Phi) is 4.93. The SMILES string of the molecule is Cc1cc(Cn2cc3c(NC(=O)C4CC4)nccc3n2)ccc1OCC(F)F. The van der Waals surface area contributed by atoms with Crippen LogP contribution in [0.15, 0.2) is 36.7 Å². The summed E-state index contributed by atoms with van der Waals surface area (Å²) in [6.07, 6.45) is 2.83. The number of ether oxygens (including phenoxy) is 1. The normalized spacial score (nSPS) is 13.9. The summed E-state index contributed by atoms with van der Waals surface area (Å²) in [6, 6.07) is 7.21. The van der Waals surface area contributed by atoms with Crippen LogP contribution < -0.4 is 10.1 Å². The number of nitrogens with zero attached hydrogens (tertiary/aromatic N) is 3. The third-order valence-electron chi connectivity index (χ3n) is 4.62.